The first kappa shape index (κ1) is 7.60. The lowest BCUT2D eigenvalue weighted by Gasteiger charge is -2.42. The fraction of sp³-hybridized carbons (Fsp3) is 1.00. The van der Waals surface area contributed by atoms with Gasteiger partial charge in [-0.25, -0.2) is 0 Å². The van der Waals surface area contributed by atoms with Crippen LogP contribution in [0.25, 0.3) is 0 Å². The Labute approximate surface area is 69.8 Å². The summed E-state index contributed by atoms with van der Waals surface area (Å²) in [5.41, 5.74) is 0.628. The van der Waals surface area contributed by atoms with Crippen molar-refractivity contribution >= 4 is 0 Å². The van der Waals surface area contributed by atoms with Crippen molar-refractivity contribution < 1.29 is 0 Å². The quantitative estimate of drug-likeness (QED) is 0.559. The second-order valence-corrected chi connectivity index (χ2v) is 4.27. The van der Waals surface area contributed by atoms with Gasteiger partial charge < -0.3 is 0 Å². The molecule has 0 aliphatic carbocycles. The van der Waals surface area contributed by atoms with Crippen LogP contribution in [0.2, 0.25) is 0 Å². The predicted molar refractivity (Wildman–Crippen MR) is 47.7 cm³/mol. The van der Waals surface area contributed by atoms with Gasteiger partial charge in [-0.1, -0.05) is 13.3 Å². The number of hydrogen-bond donors (Lipinski definition) is 0. The maximum atomic E-state index is 2.66. The number of fused-ring (bicyclic) bond motifs is 2. The highest BCUT2D eigenvalue weighted by Crippen LogP contribution is 2.44. The zero-order valence-electron chi connectivity index (χ0n) is 7.77. The summed E-state index contributed by atoms with van der Waals surface area (Å²) in [4.78, 5) is 2.66. The molecule has 2 heterocycles. The van der Waals surface area contributed by atoms with Crippen LogP contribution < -0.4 is 0 Å². The SMILES string of the molecule is CCC12CCCC(CC1)N2C. The van der Waals surface area contributed by atoms with Crippen molar-refractivity contribution in [3.63, 3.8) is 0 Å². The Morgan fingerprint density at radius 3 is 2.82 bits per heavy atom. The molecule has 0 radical (unpaired) electrons. The van der Waals surface area contributed by atoms with Gasteiger partial charge in [-0.15, -0.1) is 0 Å². The summed E-state index contributed by atoms with van der Waals surface area (Å²) in [6.45, 7) is 2.35. The van der Waals surface area contributed by atoms with Gasteiger partial charge in [-0.3, -0.25) is 4.90 Å². The van der Waals surface area contributed by atoms with E-state index in [9.17, 15) is 0 Å². The molecule has 2 unspecified atom stereocenters. The molecule has 2 atom stereocenters. The molecule has 11 heavy (non-hydrogen) atoms. The summed E-state index contributed by atoms with van der Waals surface area (Å²) < 4.78 is 0. The number of nitrogens with zero attached hydrogens (tertiary/aromatic N) is 1. The molecule has 2 saturated heterocycles. The van der Waals surface area contributed by atoms with Crippen LogP contribution in [0.1, 0.15) is 45.4 Å². The van der Waals surface area contributed by atoms with Gasteiger partial charge in [0.1, 0.15) is 0 Å². The summed E-state index contributed by atoms with van der Waals surface area (Å²) in [5, 5.41) is 0. The van der Waals surface area contributed by atoms with E-state index in [-0.39, 0.29) is 0 Å². The Morgan fingerprint density at radius 2 is 2.18 bits per heavy atom. The second-order valence-electron chi connectivity index (χ2n) is 4.27. The van der Waals surface area contributed by atoms with Crippen molar-refractivity contribution in [3.05, 3.63) is 0 Å². The third kappa shape index (κ3) is 0.936. The molecule has 0 aromatic rings. The van der Waals surface area contributed by atoms with Crippen molar-refractivity contribution in [3.8, 4) is 0 Å². The van der Waals surface area contributed by atoms with Crippen LogP contribution in [-0.2, 0) is 0 Å². The third-order valence-electron chi connectivity index (χ3n) is 4.08. The Balaban J connectivity index is 2.19. The highest BCUT2D eigenvalue weighted by molar-refractivity contribution is 5.01. The van der Waals surface area contributed by atoms with Crippen LogP contribution in [0.5, 0.6) is 0 Å². The van der Waals surface area contributed by atoms with E-state index in [0.29, 0.717) is 5.54 Å². The molecule has 0 saturated carbocycles. The van der Waals surface area contributed by atoms with Gasteiger partial charge in [-0.2, -0.15) is 0 Å². The molecule has 0 aromatic carbocycles. The van der Waals surface area contributed by atoms with Crippen molar-refractivity contribution in [1.82, 2.24) is 4.90 Å². The second kappa shape index (κ2) is 2.48. The zero-order valence-corrected chi connectivity index (χ0v) is 7.77. The molecule has 2 rings (SSSR count). The molecular weight excluding hydrogens is 134 g/mol. The smallest absolute Gasteiger partial charge is 0.0207 e. The highest BCUT2D eigenvalue weighted by atomic mass is 15.2. The summed E-state index contributed by atoms with van der Waals surface area (Å²) in [5.74, 6) is 0. The molecule has 2 aliphatic heterocycles. The minimum Gasteiger partial charge on any atom is -0.298 e. The first-order valence-electron chi connectivity index (χ1n) is 5.01. The lowest BCUT2D eigenvalue weighted by Crippen LogP contribution is -2.47. The third-order valence-corrected chi connectivity index (χ3v) is 4.08. The average molecular weight is 153 g/mol. The van der Waals surface area contributed by atoms with Gasteiger partial charge >= 0.3 is 0 Å². The summed E-state index contributed by atoms with van der Waals surface area (Å²) in [7, 11) is 2.33. The Hall–Kier alpha value is -0.0400. The van der Waals surface area contributed by atoms with Crippen LogP contribution in [0, 0.1) is 0 Å². The number of hydrogen-bond acceptors (Lipinski definition) is 1. The topological polar surface area (TPSA) is 3.24 Å². The first-order valence-corrected chi connectivity index (χ1v) is 5.01. The molecule has 1 nitrogen and oxygen atoms in total. The van der Waals surface area contributed by atoms with Crippen LogP contribution in [0.3, 0.4) is 0 Å². The summed E-state index contributed by atoms with van der Waals surface area (Å²) in [6, 6.07) is 0.934. The van der Waals surface area contributed by atoms with E-state index in [0.717, 1.165) is 6.04 Å². The van der Waals surface area contributed by atoms with Gasteiger partial charge in [0.25, 0.3) is 0 Å². The molecule has 0 spiro atoms. The van der Waals surface area contributed by atoms with Gasteiger partial charge in [0, 0.05) is 11.6 Å². The van der Waals surface area contributed by atoms with Crippen molar-refractivity contribution in [1.29, 1.82) is 0 Å². The standard InChI is InChI=1S/C10H19N/c1-3-10-7-4-5-9(6-8-10)11(10)2/h9H,3-8H2,1-2H3. The zero-order chi connectivity index (χ0) is 7.90. The molecule has 0 amide bonds. The van der Waals surface area contributed by atoms with E-state index in [1.165, 1.54) is 38.5 Å². The van der Waals surface area contributed by atoms with Crippen molar-refractivity contribution in [2.45, 2.75) is 57.0 Å². The van der Waals surface area contributed by atoms with Crippen LogP contribution >= 0.6 is 0 Å². The van der Waals surface area contributed by atoms with E-state index < -0.39 is 0 Å². The van der Waals surface area contributed by atoms with Crippen molar-refractivity contribution in [2.75, 3.05) is 7.05 Å². The fourth-order valence-corrected chi connectivity index (χ4v) is 3.10. The monoisotopic (exact) mass is 153 g/mol. The largest absolute Gasteiger partial charge is 0.298 e. The van der Waals surface area contributed by atoms with Crippen LogP contribution in [0.4, 0.5) is 0 Å². The molecule has 64 valence electrons. The summed E-state index contributed by atoms with van der Waals surface area (Å²) in [6.07, 6.45) is 8.67. The molecule has 0 N–H and O–H groups in total. The Kier molecular flexibility index (Phi) is 1.71. The fourth-order valence-electron chi connectivity index (χ4n) is 3.10. The van der Waals surface area contributed by atoms with E-state index in [2.05, 4.69) is 18.9 Å². The van der Waals surface area contributed by atoms with E-state index in [1.807, 2.05) is 0 Å². The van der Waals surface area contributed by atoms with Crippen LogP contribution in [-0.4, -0.2) is 23.5 Å². The van der Waals surface area contributed by atoms with E-state index in [4.69, 9.17) is 0 Å². The predicted octanol–water partition coefficient (Wildman–Crippen LogP) is 2.41. The van der Waals surface area contributed by atoms with E-state index in [1.54, 1.807) is 0 Å². The normalized spacial score (nSPS) is 44.7. The molecule has 0 aromatic heterocycles. The maximum Gasteiger partial charge on any atom is 0.0207 e. The number of rotatable bonds is 1. The lowest BCUT2D eigenvalue weighted by atomic mass is 9.86. The lowest BCUT2D eigenvalue weighted by molar-refractivity contribution is 0.0787. The van der Waals surface area contributed by atoms with E-state index >= 15 is 0 Å². The Morgan fingerprint density at radius 1 is 1.36 bits per heavy atom. The number of piperidine rings is 1. The van der Waals surface area contributed by atoms with Crippen molar-refractivity contribution in [2.24, 2.45) is 0 Å². The molecule has 2 bridgehead atoms. The maximum absolute atomic E-state index is 2.66. The van der Waals surface area contributed by atoms with Gasteiger partial charge in [0.05, 0.1) is 0 Å². The minimum absolute atomic E-state index is 0.628. The van der Waals surface area contributed by atoms with Gasteiger partial charge in [0.15, 0.2) is 0 Å². The average Bonchev–Trinajstić information content (AvgIpc) is 2.25. The molecule has 1 heteroatoms. The van der Waals surface area contributed by atoms with Gasteiger partial charge in [0.2, 0.25) is 0 Å². The molecule has 2 fully saturated rings. The summed E-state index contributed by atoms with van der Waals surface area (Å²) >= 11 is 0. The first-order chi connectivity index (χ1) is 5.28. The van der Waals surface area contributed by atoms with Crippen LogP contribution in [0.15, 0.2) is 0 Å². The molecular formula is C10H19N. The minimum atomic E-state index is 0.628. The Bertz CT molecular complexity index is 151. The van der Waals surface area contributed by atoms with Gasteiger partial charge in [-0.05, 0) is 39.2 Å². The highest BCUT2D eigenvalue weighted by Gasteiger charge is 2.44. The molecule has 2 aliphatic rings.